The summed E-state index contributed by atoms with van der Waals surface area (Å²) < 4.78 is 0. The van der Waals surface area contributed by atoms with E-state index in [0.29, 0.717) is 0 Å². The number of nitrogens with two attached hydrogens (primary N) is 1. The zero-order chi connectivity index (χ0) is 13.3. The van der Waals surface area contributed by atoms with E-state index in [1.807, 2.05) is 32.0 Å². The molecule has 18 heavy (non-hydrogen) atoms. The Hall–Kier alpha value is -1.61. The molecule has 3 heteroatoms. The number of hydrogen-bond acceptors (Lipinski definition) is 3. The van der Waals surface area contributed by atoms with Gasteiger partial charge in [0.25, 0.3) is 0 Å². The highest BCUT2D eigenvalue weighted by atomic mass is 15.0. The lowest BCUT2D eigenvalue weighted by atomic mass is 9.96. The zero-order valence-electron chi connectivity index (χ0n) is 11.5. The molecule has 2 rings (SSSR count). The maximum absolute atomic E-state index is 6.02. The molecule has 1 unspecified atom stereocenters. The summed E-state index contributed by atoms with van der Waals surface area (Å²) in [5, 5.41) is 4.67. The number of nitrogens with zero attached hydrogens (tertiary/aromatic N) is 1. The van der Waals surface area contributed by atoms with E-state index < -0.39 is 0 Å². The molecule has 3 N–H and O–H groups in total. The van der Waals surface area contributed by atoms with Crippen LogP contribution in [-0.4, -0.2) is 16.6 Å². The van der Waals surface area contributed by atoms with Crippen molar-refractivity contribution in [1.29, 1.82) is 0 Å². The Morgan fingerprint density at radius 1 is 1.28 bits per heavy atom. The average molecular weight is 243 g/mol. The van der Waals surface area contributed by atoms with Crippen LogP contribution in [0.5, 0.6) is 0 Å². The van der Waals surface area contributed by atoms with Crippen molar-refractivity contribution in [3.8, 4) is 0 Å². The molecule has 0 saturated carbocycles. The lowest BCUT2D eigenvalue weighted by Gasteiger charge is -2.32. The van der Waals surface area contributed by atoms with E-state index in [4.69, 9.17) is 5.73 Å². The molecule has 0 spiro atoms. The van der Waals surface area contributed by atoms with Crippen molar-refractivity contribution in [2.75, 3.05) is 5.32 Å². The van der Waals surface area contributed by atoms with Gasteiger partial charge in [-0.05, 0) is 39.8 Å². The fraction of sp³-hybridized carbons (Fsp3) is 0.400. The largest absolute Gasteiger partial charge is 0.378 e. The Labute approximate surface area is 108 Å². The molecule has 0 bridgehead atoms. The van der Waals surface area contributed by atoms with Crippen molar-refractivity contribution in [3.63, 3.8) is 0 Å². The van der Waals surface area contributed by atoms with Crippen LogP contribution in [0.1, 0.15) is 26.5 Å². The maximum atomic E-state index is 6.02. The van der Waals surface area contributed by atoms with Gasteiger partial charge in [0, 0.05) is 28.3 Å². The quantitative estimate of drug-likeness (QED) is 0.871. The van der Waals surface area contributed by atoms with Crippen LogP contribution < -0.4 is 11.1 Å². The number of para-hydroxylation sites is 1. The molecule has 96 valence electrons. The third-order valence-corrected chi connectivity index (χ3v) is 3.44. The molecule has 0 amide bonds. The van der Waals surface area contributed by atoms with Gasteiger partial charge < -0.3 is 11.1 Å². The Morgan fingerprint density at radius 2 is 1.94 bits per heavy atom. The maximum Gasteiger partial charge on any atom is 0.0725 e. The molecule has 0 aliphatic rings. The van der Waals surface area contributed by atoms with Crippen LogP contribution in [0.2, 0.25) is 0 Å². The summed E-state index contributed by atoms with van der Waals surface area (Å²) in [6.45, 7) is 8.25. The minimum absolute atomic E-state index is 0.0599. The molecule has 3 nitrogen and oxygen atoms in total. The van der Waals surface area contributed by atoms with Crippen LogP contribution in [0.25, 0.3) is 10.9 Å². The van der Waals surface area contributed by atoms with E-state index in [-0.39, 0.29) is 11.6 Å². The highest BCUT2D eigenvalue weighted by Crippen LogP contribution is 2.26. The molecule has 1 atom stereocenters. The van der Waals surface area contributed by atoms with Crippen LogP contribution in [0.15, 0.2) is 30.3 Å². The molecule has 0 aliphatic carbocycles. The van der Waals surface area contributed by atoms with Crippen molar-refractivity contribution in [2.24, 2.45) is 5.73 Å². The fourth-order valence-electron chi connectivity index (χ4n) is 1.87. The Bertz CT molecular complexity index is 559. The first-order valence-corrected chi connectivity index (χ1v) is 6.30. The highest BCUT2D eigenvalue weighted by Gasteiger charge is 2.23. The van der Waals surface area contributed by atoms with Gasteiger partial charge in [0.15, 0.2) is 0 Å². The summed E-state index contributed by atoms with van der Waals surface area (Å²) in [7, 11) is 0. The second kappa shape index (κ2) is 4.58. The fourth-order valence-corrected chi connectivity index (χ4v) is 1.87. The van der Waals surface area contributed by atoms with Crippen LogP contribution >= 0.6 is 0 Å². The van der Waals surface area contributed by atoms with Crippen LogP contribution in [0.4, 0.5) is 5.69 Å². The summed E-state index contributed by atoms with van der Waals surface area (Å²) in [4.78, 5) is 4.54. The van der Waals surface area contributed by atoms with Gasteiger partial charge in [-0.15, -0.1) is 0 Å². The van der Waals surface area contributed by atoms with Gasteiger partial charge in [-0.3, -0.25) is 4.98 Å². The van der Waals surface area contributed by atoms with Gasteiger partial charge in [-0.1, -0.05) is 18.2 Å². The molecule has 0 fully saturated rings. The van der Waals surface area contributed by atoms with E-state index in [0.717, 1.165) is 22.3 Å². The third-order valence-electron chi connectivity index (χ3n) is 3.44. The SMILES string of the molecule is Cc1cc(NC(C)(C)C(C)N)c2ccccc2n1. The lowest BCUT2D eigenvalue weighted by molar-refractivity contribution is 0.471. The first-order chi connectivity index (χ1) is 8.40. The number of pyridine rings is 1. The summed E-state index contributed by atoms with van der Waals surface area (Å²) in [5.41, 5.74) is 8.99. The summed E-state index contributed by atoms with van der Waals surface area (Å²) in [6, 6.07) is 10.3. The van der Waals surface area contributed by atoms with Crippen molar-refractivity contribution in [3.05, 3.63) is 36.0 Å². The number of fused-ring (bicyclic) bond motifs is 1. The standard InChI is InChI=1S/C15H21N3/c1-10-9-14(18-15(3,4)11(2)16)12-7-5-6-8-13(12)17-10/h5-9,11H,16H2,1-4H3,(H,17,18). The molecule has 1 heterocycles. The van der Waals surface area contributed by atoms with E-state index in [2.05, 4.69) is 36.3 Å². The van der Waals surface area contributed by atoms with Gasteiger partial charge in [-0.25, -0.2) is 0 Å². The topological polar surface area (TPSA) is 50.9 Å². The first-order valence-electron chi connectivity index (χ1n) is 6.30. The number of benzene rings is 1. The second-order valence-corrected chi connectivity index (χ2v) is 5.46. The van der Waals surface area contributed by atoms with Crippen molar-refractivity contribution < 1.29 is 0 Å². The molecule has 0 radical (unpaired) electrons. The first kappa shape index (κ1) is 12.8. The minimum Gasteiger partial charge on any atom is -0.378 e. The molecular formula is C15H21N3. The van der Waals surface area contributed by atoms with Crippen molar-refractivity contribution in [2.45, 2.75) is 39.3 Å². The Balaban J connectivity index is 2.50. The summed E-state index contributed by atoms with van der Waals surface area (Å²) in [6.07, 6.45) is 0. The van der Waals surface area contributed by atoms with Gasteiger partial charge >= 0.3 is 0 Å². The molecular weight excluding hydrogens is 222 g/mol. The lowest BCUT2D eigenvalue weighted by Crippen LogP contribution is -2.47. The van der Waals surface area contributed by atoms with Gasteiger partial charge in [0.05, 0.1) is 5.52 Å². The zero-order valence-corrected chi connectivity index (χ0v) is 11.5. The molecule has 1 aromatic carbocycles. The summed E-state index contributed by atoms with van der Waals surface area (Å²) in [5.74, 6) is 0. The number of anilines is 1. The third kappa shape index (κ3) is 2.46. The van der Waals surface area contributed by atoms with Gasteiger partial charge in [0.1, 0.15) is 0 Å². The monoisotopic (exact) mass is 243 g/mol. The summed E-state index contributed by atoms with van der Waals surface area (Å²) >= 11 is 0. The van der Waals surface area contributed by atoms with E-state index in [9.17, 15) is 0 Å². The Morgan fingerprint density at radius 3 is 2.61 bits per heavy atom. The highest BCUT2D eigenvalue weighted by molar-refractivity contribution is 5.91. The number of rotatable bonds is 3. The van der Waals surface area contributed by atoms with Crippen molar-refractivity contribution >= 4 is 16.6 Å². The Kier molecular flexibility index (Phi) is 3.26. The number of aryl methyl sites for hydroxylation is 1. The normalized spacial score (nSPS) is 13.6. The number of aromatic nitrogens is 1. The molecule has 0 aliphatic heterocycles. The predicted molar refractivity (Wildman–Crippen MR) is 77.8 cm³/mol. The average Bonchev–Trinajstić information content (AvgIpc) is 2.28. The number of hydrogen-bond donors (Lipinski definition) is 2. The van der Waals surface area contributed by atoms with Crippen LogP contribution in [-0.2, 0) is 0 Å². The van der Waals surface area contributed by atoms with E-state index >= 15 is 0 Å². The second-order valence-electron chi connectivity index (χ2n) is 5.46. The van der Waals surface area contributed by atoms with Gasteiger partial charge in [0.2, 0.25) is 0 Å². The smallest absolute Gasteiger partial charge is 0.0725 e. The van der Waals surface area contributed by atoms with Crippen LogP contribution in [0, 0.1) is 6.92 Å². The molecule has 1 aromatic heterocycles. The van der Waals surface area contributed by atoms with E-state index in [1.54, 1.807) is 0 Å². The molecule has 2 aromatic rings. The van der Waals surface area contributed by atoms with E-state index in [1.165, 1.54) is 0 Å². The van der Waals surface area contributed by atoms with Gasteiger partial charge in [-0.2, -0.15) is 0 Å². The van der Waals surface area contributed by atoms with Crippen molar-refractivity contribution in [1.82, 2.24) is 4.98 Å². The minimum atomic E-state index is -0.156. The molecule has 0 saturated heterocycles. The number of nitrogens with one attached hydrogen (secondary N) is 1. The predicted octanol–water partition coefficient (Wildman–Crippen LogP) is 3.08. The van der Waals surface area contributed by atoms with Crippen LogP contribution in [0.3, 0.4) is 0 Å².